The van der Waals surface area contributed by atoms with Crippen LogP contribution in [0.5, 0.6) is 0 Å². The minimum Gasteiger partial charge on any atom is -0.451 e. The molecule has 2 atom stereocenters. The summed E-state index contributed by atoms with van der Waals surface area (Å²) < 4.78 is 7.18. The van der Waals surface area contributed by atoms with E-state index < -0.39 is 5.60 Å². The first-order valence-electron chi connectivity index (χ1n) is 7.47. The Kier molecular flexibility index (Phi) is 3.86. The second-order valence-corrected chi connectivity index (χ2v) is 5.89. The van der Waals surface area contributed by atoms with Crippen LogP contribution >= 0.6 is 0 Å². The maximum Gasteiger partial charge on any atom is 0.331 e. The number of aryl methyl sites for hydroxylation is 1. The van der Waals surface area contributed by atoms with Crippen LogP contribution in [0.4, 0.5) is 0 Å². The molecule has 0 N–H and O–H groups in total. The summed E-state index contributed by atoms with van der Waals surface area (Å²) in [6, 6.07) is 9.64. The van der Waals surface area contributed by atoms with Crippen LogP contribution < -0.4 is 0 Å². The predicted molar refractivity (Wildman–Crippen MR) is 85.0 cm³/mol. The smallest absolute Gasteiger partial charge is 0.331 e. The number of nitrogens with zero attached hydrogens (tertiary/aromatic N) is 2. The molecule has 0 saturated heterocycles. The van der Waals surface area contributed by atoms with Gasteiger partial charge in [0.1, 0.15) is 5.60 Å². The number of Topliss-reactive ketones (excluding diaryl/α,β-unsaturated/α-hetero) is 1. The maximum absolute atomic E-state index is 12.6. The van der Waals surface area contributed by atoms with Gasteiger partial charge in [-0.25, -0.2) is 9.78 Å². The first-order valence-corrected chi connectivity index (χ1v) is 7.47. The van der Waals surface area contributed by atoms with Crippen molar-refractivity contribution in [1.82, 2.24) is 9.55 Å². The van der Waals surface area contributed by atoms with E-state index in [1.807, 2.05) is 37.3 Å². The highest BCUT2D eigenvalue weighted by atomic mass is 16.6. The fraction of sp³-hybridized carbons (Fsp3) is 0.278. The highest BCUT2D eigenvalue weighted by Crippen LogP contribution is 2.38. The molecule has 0 aliphatic carbocycles. The van der Waals surface area contributed by atoms with Crippen molar-refractivity contribution in [3.63, 3.8) is 0 Å². The van der Waals surface area contributed by atoms with E-state index in [1.165, 1.54) is 6.08 Å². The summed E-state index contributed by atoms with van der Waals surface area (Å²) in [6.45, 7) is 1.83. The van der Waals surface area contributed by atoms with Crippen molar-refractivity contribution in [3.05, 3.63) is 66.3 Å². The Labute approximate surface area is 134 Å². The molecule has 0 unspecified atom stereocenters. The number of imidazole rings is 1. The van der Waals surface area contributed by atoms with E-state index in [2.05, 4.69) is 4.98 Å². The summed E-state index contributed by atoms with van der Waals surface area (Å²) in [6.07, 6.45) is 6.70. The van der Waals surface area contributed by atoms with Crippen molar-refractivity contribution in [1.29, 1.82) is 0 Å². The molecule has 0 radical (unpaired) electrons. The van der Waals surface area contributed by atoms with Gasteiger partial charge >= 0.3 is 5.97 Å². The lowest BCUT2D eigenvalue weighted by Crippen LogP contribution is -2.34. The molecule has 0 bridgehead atoms. The van der Waals surface area contributed by atoms with Gasteiger partial charge in [-0.2, -0.15) is 0 Å². The largest absolute Gasteiger partial charge is 0.451 e. The van der Waals surface area contributed by atoms with Crippen LogP contribution in [0.3, 0.4) is 0 Å². The van der Waals surface area contributed by atoms with Crippen molar-refractivity contribution in [2.24, 2.45) is 7.05 Å². The van der Waals surface area contributed by atoms with Crippen LogP contribution in [0.15, 0.2) is 54.9 Å². The first-order chi connectivity index (χ1) is 11.0. The van der Waals surface area contributed by atoms with Gasteiger partial charge in [0.25, 0.3) is 0 Å². The number of esters is 1. The molecule has 2 heterocycles. The van der Waals surface area contributed by atoms with E-state index in [-0.39, 0.29) is 24.1 Å². The molecular weight excluding hydrogens is 292 g/mol. The first kappa shape index (κ1) is 15.2. The van der Waals surface area contributed by atoms with Gasteiger partial charge in [0.2, 0.25) is 0 Å². The zero-order chi connectivity index (χ0) is 16.4. The fourth-order valence-electron chi connectivity index (χ4n) is 2.95. The number of ketones is 1. The number of hydrogen-bond acceptors (Lipinski definition) is 4. The van der Waals surface area contributed by atoms with Gasteiger partial charge in [-0.1, -0.05) is 30.3 Å². The molecule has 1 aromatic heterocycles. The topological polar surface area (TPSA) is 61.2 Å². The van der Waals surface area contributed by atoms with Crippen molar-refractivity contribution >= 4 is 11.8 Å². The molecule has 1 aromatic carbocycles. The second-order valence-electron chi connectivity index (χ2n) is 5.89. The summed E-state index contributed by atoms with van der Waals surface area (Å²) >= 11 is 0. The van der Waals surface area contributed by atoms with Gasteiger partial charge in [0.15, 0.2) is 11.6 Å². The van der Waals surface area contributed by atoms with Gasteiger partial charge < -0.3 is 9.30 Å². The molecule has 2 aromatic rings. The van der Waals surface area contributed by atoms with Crippen molar-refractivity contribution in [3.8, 4) is 0 Å². The molecule has 118 valence electrons. The molecule has 5 heteroatoms. The van der Waals surface area contributed by atoms with Crippen molar-refractivity contribution in [2.45, 2.75) is 24.9 Å². The molecule has 3 rings (SSSR count). The molecule has 0 spiro atoms. The van der Waals surface area contributed by atoms with Gasteiger partial charge in [-0.3, -0.25) is 4.79 Å². The van der Waals surface area contributed by atoms with Crippen molar-refractivity contribution in [2.75, 3.05) is 0 Å². The van der Waals surface area contributed by atoms with Gasteiger partial charge in [-0.15, -0.1) is 0 Å². The maximum atomic E-state index is 12.6. The lowest BCUT2D eigenvalue weighted by atomic mass is 9.80. The van der Waals surface area contributed by atoms with Crippen LogP contribution in [0.25, 0.3) is 0 Å². The van der Waals surface area contributed by atoms with E-state index in [9.17, 15) is 9.59 Å². The minimum atomic E-state index is -0.834. The Hall–Kier alpha value is -2.69. The Bertz CT molecular complexity index is 764. The molecule has 23 heavy (non-hydrogen) atoms. The summed E-state index contributed by atoms with van der Waals surface area (Å²) in [5.74, 6) is -0.319. The quantitative estimate of drug-likeness (QED) is 0.629. The lowest BCUT2D eigenvalue weighted by molar-refractivity contribution is -0.145. The zero-order valence-electron chi connectivity index (χ0n) is 13.1. The molecule has 0 fully saturated rings. The third kappa shape index (κ3) is 2.95. The number of benzene rings is 1. The number of carbonyl (C=O) groups excluding carboxylic acids is 2. The van der Waals surface area contributed by atoms with Crippen LogP contribution in [-0.4, -0.2) is 26.9 Å². The van der Waals surface area contributed by atoms with Crippen LogP contribution in [-0.2, 0) is 16.6 Å². The second kappa shape index (κ2) is 5.83. The number of aromatic nitrogens is 2. The predicted octanol–water partition coefficient (Wildman–Crippen LogP) is 2.65. The highest BCUT2D eigenvalue weighted by Gasteiger charge is 2.41. The summed E-state index contributed by atoms with van der Waals surface area (Å²) in [7, 11) is 1.79. The molecular formula is C18H18N2O3. The average molecular weight is 310 g/mol. The monoisotopic (exact) mass is 310 g/mol. The number of ether oxygens (including phenoxy) is 1. The number of cyclic esters (lactones) is 1. The normalized spacial score (nSPS) is 21.2. The molecule has 5 nitrogen and oxygen atoms in total. The average Bonchev–Trinajstić information content (AvgIpc) is 3.12. The minimum absolute atomic E-state index is 0.0797. The Morgan fingerprint density at radius 2 is 2.09 bits per heavy atom. The summed E-state index contributed by atoms with van der Waals surface area (Å²) in [5.41, 5.74) is 0.121. The molecule has 0 saturated carbocycles. The van der Waals surface area contributed by atoms with E-state index in [4.69, 9.17) is 4.74 Å². The van der Waals surface area contributed by atoms with Crippen LogP contribution in [0.1, 0.15) is 35.4 Å². The van der Waals surface area contributed by atoms with Crippen LogP contribution in [0, 0.1) is 0 Å². The Morgan fingerprint density at radius 1 is 1.35 bits per heavy atom. The Balaban J connectivity index is 1.93. The number of hydrogen-bond donors (Lipinski definition) is 0. The summed E-state index contributed by atoms with van der Waals surface area (Å²) in [5, 5.41) is 0. The molecule has 1 aliphatic rings. The van der Waals surface area contributed by atoms with Gasteiger partial charge in [-0.05, 0) is 18.6 Å². The number of carbonyl (C=O) groups is 2. The third-order valence-electron chi connectivity index (χ3n) is 4.22. The van der Waals surface area contributed by atoms with Crippen LogP contribution in [0.2, 0.25) is 0 Å². The molecule has 0 amide bonds. The SMILES string of the molecule is Cn1ccnc1C(=O)C[C@H](c1ccccc1)[C@@]1(C)C=CC(=O)O1. The van der Waals surface area contributed by atoms with E-state index >= 15 is 0 Å². The van der Waals surface area contributed by atoms with E-state index in [0.29, 0.717) is 5.82 Å². The van der Waals surface area contributed by atoms with Crippen molar-refractivity contribution < 1.29 is 14.3 Å². The van der Waals surface area contributed by atoms with E-state index in [0.717, 1.165) is 5.56 Å². The summed E-state index contributed by atoms with van der Waals surface area (Å²) in [4.78, 5) is 28.3. The molecule has 1 aliphatic heterocycles. The van der Waals surface area contributed by atoms with Gasteiger partial charge in [0.05, 0.1) is 0 Å². The fourth-order valence-corrected chi connectivity index (χ4v) is 2.95. The third-order valence-corrected chi connectivity index (χ3v) is 4.22. The van der Waals surface area contributed by atoms with Gasteiger partial charge in [0, 0.05) is 37.9 Å². The standard InChI is InChI=1S/C18H18N2O3/c1-18(9-8-16(22)23-18)14(13-6-4-3-5-7-13)12-15(21)17-19-10-11-20(17)2/h3-11,14H,12H2,1-2H3/t14-,18-/m1/s1. The zero-order valence-corrected chi connectivity index (χ0v) is 13.1. The van der Waals surface area contributed by atoms with E-state index in [1.54, 1.807) is 30.1 Å². The number of rotatable bonds is 5. The lowest BCUT2D eigenvalue weighted by Gasteiger charge is -2.31. The Morgan fingerprint density at radius 3 is 2.65 bits per heavy atom. The highest BCUT2D eigenvalue weighted by molar-refractivity contribution is 5.93.